The van der Waals surface area contributed by atoms with Crippen molar-refractivity contribution in [1.82, 2.24) is 0 Å². The molecule has 2 rings (SSSR count). The molecular formula is C14H15NO6S. The third-order valence-corrected chi connectivity index (χ3v) is 4.02. The lowest BCUT2D eigenvalue weighted by molar-refractivity contribution is -0.138. The molecule has 0 aliphatic carbocycles. The quantitative estimate of drug-likeness (QED) is 0.652. The number of hydrogen-bond acceptors (Lipinski definition) is 6. The van der Waals surface area contributed by atoms with E-state index in [2.05, 4.69) is 4.99 Å². The molecule has 3 N–H and O–H groups in total. The van der Waals surface area contributed by atoms with Gasteiger partial charge in [0.25, 0.3) is 0 Å². The average molecular weight is 325 g/mol. The summed E-state index contributed by atoms with van der Waals surface area (Å²) in [6.45, 7) is 0.238. The summed E-state index contributed by atoms with van der Waals surface area (Å²) in [6, 6.07) is 3.87. The van der Waals surface area contributed by atoms with Crippen molar-refractivity contribution in [2.24, 2.45) is 4.99 Å². The Labute approximate surface area is 130 Å². The van der Waals surface area contributed by atoms with Gasteiger partial charge >= 0.3 is 11.9 Å². The van der Waals surface area contributed by atoms with Gasteiger partial charge in [-0.25, -0.2) is 4.79 Å². The second kappa shape index (κ2) is 7.17. The summed E-state index contributed by atoms with van der Waals surface area (Å²) in [7, 11) is 0. The smallest absolute Gasteiger partial charge is 0.329 e. The highest BCUT2D eigenvalue weighted by atomic mass is 32.2. The highest BCUT2D eigenvalue weighted by Gasteiger charge is 2.26. The number of hydrogen-bond donors (Lipinski definition) is 3. The number of rotatable bonds is 7. The van der Waals surface area contributed by atoms with Gasteiger partial charge in [0, 0.05) is 23.8 Å². The van der Waals surface area contributed by atoms with Gasteiger partial charge in [0.2, 0.25) is 0 Å². The van der Waals surface area contributed by atoms with Crippen LogP contribution in [-0.4, -0.2) is 50.7 Å². The molecule has 0 bridgehead atoms. The fourth-order valence-corrected chi connectivity index (χ4v) is 2.91. The maximum atomic E-state index is 10.9. The van der Waals surface area contributed by atoms with Crippen LogP contribution in [0.15, 0.2) is 23.2 Å². The molecule has 0 fully saturated rings. The molecule has 8 heteroatoms. The molecule has 0 saturated carbocycles. The fourth-order valence-electron chi connectivity index (χ4n) is 1.84. The number of carboxylic acids is 2. The van der Waals surface area contributed by atoms with Gasteiger partial charge in [0.1, 0.15) is 16.5 Å². The van der Waals surface area contributed by atoms with Gasteiger partial charge in [-0.2, -0.15) is 0 Å². The van der Waals surface area contributed by atoms with Crippen LogP contribution < -0.4 is 4.74 Å². The van der Waals surface area contributed by atoms with Crippen LogP contribution in [-0.2, 0) is 9.59 Å². The number of aromatic hydroxyl groups is 1. The molecular weight excluding hydrogens is 310 g/mol. The Kier molecular flexibility index (Phi) is 5.26. The number of benzene rings is 1. The lowest BCUT2D eigenvalue weighted by Gasteiger charge is -2.08. The van der Waals surface area contributed by atoms with Crippen LogP contribution in [0, 0.1) is 0 Å². The number of phenols is 1. The number of nitrogens with zero attached hydrogens (tertiary/aromatic N) is 1. The maximum absolute atomic E-state index is 10.9. The van der Waals surface area contributed by atoms with E-state index in [1.54, 1.807) is 12.1 Å². The second-order valence-corrected chi connectivity index (χ2v) is 5.63. The van der Waals surface area contributed by atoms with Crippen LogP contribution in [0.25, 0.3) is 0 Å². The van der Waals surface area contributed by atoms with Gasteiger partial charge in [0.05, 0.1) is 6.61 Å². The first-order chi connectivity index (χ1) is 10.5. The van der Waals surface area contributed by atoms with Gasteiger partial charge in [-0.05, 0) is 18.6 Å². The molecule has 1 atom stereocenters. The van der Waals surface area contributed by atoms with Crippen LogP contribution in [0.4, 0.5) is 0 Å². The van der Waals surface area contributed by atoms with E-state index >= 15 is 0 Å². The van der Waals surface area contributed by atoms with Gasteiger partial charge in [0.15, 0.2) is 6.04 Å². The summed E-state index contributed by atoms with van der Waals surface area (Å²) >= 11 is 1.28. The van der Waals surface area contributed by atoms with Crippen LogP contribution >= 0.6 is 11.8 Å². The molecule has 0 aromatic heterocycles. The monoisotopic (exact) mass is 325 g/mol. The van der Waals surface area contributed by atoms with Gasteiger partial charge < -0.3 is 20.1 Å². The van der Waals surface area contributed by atoms with Crippen molar-refractivity contribution in [1.29, 1.82) is 0 Å². The number of aliphatic imine (C=N–C) groups is 1. The zero-order valence-corrected chi connectivity index (χ0v) is 12.4. The predicted octanol–water partition coefficient (Wildman–Crippen LogP) is 1.58. The van der Waals surface area contributed by atoms with E-state index in [-0.39, 0.29) is 18.8 Å². The second-order valence-electron chi connectivity index (χ2n) is 4.62. The number of ether oxygens (including phenoxy) is 1. The van der Waals surface area contributed by atoms with Crippen LogP contribution in [0.3, 0.4) is 0 Å². The fraction of sp³-hybridized carbons (Fsp3) is 0.357. The Balaban J connectivity index is 2.00. The minimum absolute atomic E-state index is 0.0219. The average Bonchev–Trinajstić information content (AvgIpc) is 2.93. The van der Waals surface area contributed by atoms with Gasteiger partial charge in [-0.15, -0.1) is 11.8 Å². The van der Waals surface area contributed by atoms with Crippen molar-refractivity contribution in [2.45, 2.75) is 18.9 Å². The Bertz CT molecular complexity index is 615. The standard InChI is InChI=1S/C14H15NO6S/c16-11-6-8(21-5-1-2-12(17)18)3-4-9(11)13-15-10(7-22-13)14(19)20/h3-4,6,10,16H,1-2,5,7H2,(H,17,18)(H,19,20)/t10-/m1/s1. The van der Waals surface area contributed by atoms with E-state index in [9.17, 15) is 14.7 Å². The molecule has 0 unspecified atom stereocenters. The number of carboxylic acid groups (broad SMARTS) is 2. The minimum Gasteiger partial charge on any atom is -0.507 e. The summed E-state index contributed by atoms with van der Waals surface area (Å²) in [4.78, 5) is 25.3. The van der Waals surface area contributed by atoms with Crippen molar-refractivity contribution < 1.29 is 29.6 Å². The third kappa shape index (κ3) is 4.14. The SMILES string of the molecule is O=C(O)CCCOc1ccc(C2=N[C@@H](C(=O)O)CS2)c(O)c1. The molecule has 118 valence electrons. The first kappa shape index (κ1) is 16.2. The van der Waals surface area contributed by atoms with E-state index < -0.39 is 18.0 Å². The van der Waals surface area contributed by atoms with Crippen molar-refractivity contribution >= 4 is 28.7 Å². The Morgan fingerprint density at radius 3 is 2.73 bits per heavy atom. The third-order valence-electron chi connectivity index (χ3n) is 2.94. The molecule has 1 aromatic rings. The van der Waals surface area contributed by atoms with Gasteiger partial charge in [-0.3, -0.25) is 9.79 Å². The van der Waals surface area contributed by atoms with E-state index in [0.717, 1.165) is 0 Å². The summed E-state index contributed by atoms with van der Waals surface area (Å²) in [5, 5.41) is 27.9. The summed E-state index contributed by atoms with van der Waals surface area (Å²) in [6.07, 6.45) is 0.398. The number of phenolic OH excluding ortho intramolecular Hbond substituents is 1. The molecule has 1 aliphatic heterocycles. The number of aliphatic carboxylic acids is 2. The Hall–Kier alpha value is -2.22. The molecule has 0 saturated heterocycles. The molecule has 0 amide bonds. The van der Waals surface area contributed by atoms with E-state index in [0.29, 0.717) is 28.5 Å². The lowest BCUT2D eigenvalue weighted by atomic mass is 10.2. The summed E-state index contributed by atoms with van der Waals surface area (Å²) in [5.41, 5.74) is 0.464. The summed E-state index contributed by atoms with van der Waals surface area (Å²) < 4.78 is 5.35. The normalized spacial score (nSPS) is 17.1. The highest BCUT2D eigenvalue weighted by Crippen LogP contribution is 2.31. The molecule has 7 nitrogen and oxygen atoms in total. The largest absolute Gasteiger partial charge is 0.507 e. The number of carbonyl (C=O) groups is 2. The highest BCUT2D eigenvalue weighted by molar-refractivity contribution is 8.14. The van der Waals surface area contributed by atoms with E-state index in [4.69, 9.17) is 14.9 Å². The van der Waals surface area contributed by atoms with E-state index in [1.807, 2.05) is 0 Å². The molecule has 0 radical (unpaired) electrons. The first-order valence-electron chi connectivity index (χ1n) is 6.58. The van der Waals surface area contributed by atoms with E-state index in [1.165, 1.54) is 17.8 Å². The van der Waals surface area contributed by atoms with Crippen molar-refractivity contribution in [3.8, 4) is 11.5 Å². The van der Waals surface area contributed by atoms with Crippen molar-refractivity contribution in [3.63, 3.8) is 0 Å². The Morgan fingerprint density at radius 1 is 1.36 bits per heavy atom. The molecule has 1 heterocycles. The Morgan fingerprint density at radius 2 is 2.14 bits per heavy atom. The van der Waals surface area contributed by atoms with Crippen LogP contribution in [0.5, 0.6) is 11.5 Å². The predicted molar refractivity (Wildman–Crippen MR) is 80.9 cm³/mol. The lowest BCUT2D eigenvalue weighted by Crippen LogP contribution is -2.17. The summed E-state index contributed by atoms with van der Waals surface area (Å²) in [5.74, 6) is -1.15. The molecule has 22 heavy (non-hydrogen) atoms. The van der Waals surface area contributed by atoms with Crippen LogP contribution in [0.1, 0.15) is 18.4 Å². The molecule has 1 aromatic carbocycles. The maximum Gasteiger partial charge on any atom is 0.329 e. The van der Waals surface area contributed by atoms with Crippen LogP contribution in [0.2, 0.25) is 0 Å². The van der Waals surface area contributed by atoms with Crippen molar-refractivity contribution in [2.75, 3.05) is 12.4 Å². The zero-order valence-electron chi connectivity index (χ0n) is 11.6. The minimum atomic E-state index is -0.986. The molecule has 1 aliphatic rings. The first-order valence-corrected chi connectivity index (χ1v) is 7.57. The number of thioether (sulfide) groups is 1. The van der Waals surface area contributed by atoms with Crippen molar-refractivity contribution in [3.05, 3.63) is 23.8 Å². The van der Waals surface area contributed by atoms with Gasteiger partial charge in [-0.1, -0.05) is 0 Å². The molecule has 0 spiro atoms. The topological polar surface area (TPSA) is 116 Å². The zero-order chi connectivity index (χ0) is 16.1.